The van der Waals surface area contributed by atoms with Crippen LogP contribution in [0.1, 0.15) is 194 Å². The summed E-state index contributed by atoms with van der Waals surface area (Å²) in [7, 11) is 0. The number of ether oxygens (including phenoxy) is 2. The lowest BCUT2D eigenvalue weighted by Crippen LogP contribution is -2.24. The normalized spacial score (nSPS) is 12.4. The predicted octanol–water partition coefficient (Wildman–Crippen LogP) is 11.4. The smallest absolute Gasteiger partial charge is 0.305 e. The fourth-order valence-corrected chi connectivity index (χ4v) is 5.27. The van der Waals surface area contributed by atoms with Crippen LogP contribution in [0.15, 0.2) is 12.2 Å². The maximum atomic E-state index is 11.9. The minimum Gasteiger partial charge on any atom is -0.463 e. The Bertz CT molecular complexity index is 533. The minimum atomic E-state index is -0.722. The van der Waals surface area contributed by atoms with Gasteiger partial charge in [-0.25, -0.2) is 0 Å². The van der Waals surface area contributed by atoms with Gasteiger partial charge in [-0.15, -0.1) is 0 Å². The van der Waals surface area contributed by atoms with Crippen LogP contribution in [0, 0.1) is 0 Å². The van der Waals surface area contributed by atoms with Crippen molar-refractivity contribution in [1.82, 2.24) is 0 Å². The number of esters is 1. The van der Waals surface area contributed by atoms with E-state index in [4.69, 9.17) is 9.47 Å². The first-order valence-corrected chi connectivity index (χ1v) is 18.3. The Morgan fingerprint density at radius 1 is 0.537 bits per heavy atom. The number of hydrogen-bond acceptors (Lipinski definition) is 4. The van der Waals surface area contributed by atoms with Crippen molar-refractivity contribution >= 4 is 5.97 Å². The van der Waals surface area contributed by atoms with Crippen LogP contribution in [0.25, 0.3) is 0 Å². The van der Waals surface area contributed by atoms with Crippen molar-refractivity contribution < 1.29 is 19.4 Å². The molecule has 0 aliphatic heterocycles. The Balaban J connectivity index is 3.30. The maximum Gasteiger partial charge on any atom is 0.305 e. The zero-order chi connectivity index (χ0) is 29.9. The fraction of sp³-hybridized carbons (Fsp3) is 0.919. The van der Waals surface area contributed by atoms with Gasteiger partial charge in [-0.1, -0.05) is 161 Å². The zero-order valence-electron chi connectivity index (χ0n) is 27.8. The lowest BCUT2D eigenvalue weighted by atomic mass is 10.0. The second-order valence-electron chi connectivity index (χ2n) is 12.3. The monoisotopic (exact) mass is 581 g/mol. The van der Waals surface area contributed by atoms with Gasteiger partial charge in [-0.05, 0) is 38.5 Å². The number of aliphatic hydroxyl groups is 1. The molecule has 4 nitrogen and oxygen atoms in total. The molecule has 0 saturated carbocycles. The van der Waals surface area contributed by atoms with Crippen LogP contribution in [0.5, 0.6) is 0 Å². The van der Waals surface area contributed by atoms with Gasteiger partial charge in [-0.3, -0.25) is 4.79 Å². The molecule has 244 valence electrons. The first-order valence-electron chi connectivity index (χ1n) is 18.3. The summed E-state index contributed by atoms with van der Waals surface area (Å²) >= 11 is 0. The number of rotatable bonds is 34. The molecule has 1 atom stereocenters. The molecule has 0 spiro atoms. The minimum absolute atomic E-state index is 0.0443. The molecule has 4 heteroatoms. The van der Waals surface area contributed by atoms with Gasteiger partial charge in [0.25, 0.3) is 0 Å². The molecule has 0 amide bonds. The van der Waals surface area contributed by atoms with Crippen molar-refractivity contribution in [3.05, 3.63) is 12.2 Å². The van der Waals surface area contributed by atoms with Crippen LogP contribution in [0.4, 0.5) is 0 Å². The molecule has 0 bridgehead atoms. The molecule has 0 aromatic carbocycles. The largest absolute Gasteiger partial charge is 0.463 e. The van der Waals surface area contributed by atoms with Gasteiger partial charge >= 0.3 is 5.97 Å². The van der Waals surface area contributed by atoms with E-state index in [0.717, 1.165) is 19.3 Å². The van der Waals surface area contributed by atoms with Crippen LogP contribution in [-0.2, 0) is 14.3 Å². The Labute approximate surface area is 256 Å². The van der Waals surface area contributed by atoms with E-state index in [0.29, 0.717) is 13.0 Å². The molecule has 0 heterocycles. The van der Waals surface area contributed by atoms with E-state index in [1.807, 2.05) is 0 Å². The SMILES string of the molecule is CCCCCCCC/C=C\CCCCCCCC(=O)OC[C@H](O)COCCCCCCCCCCCCCCCC. The average Bonchev–Trinajstić information content (AvgIpc) is 2.97. The van der Waals surface area contributed by atoms with Crippen LogP contribution < -0.4 is 0 Å². The van der Waals surface area contributed by atoms with E-state index in [-0.39, 0.29) is 19.2 Å². The molecule has 0 aliphatic carbocycles. The Hall–Kier alpha value is -0.870. The molecule has 0 aromatic heterocycles. The highest BCUT2D eigenvalue weighted by atomic mass is 16.5. The Kier molecular flexibility index (Phi) is 34.6. The van der Waals surface area contributed by atoms with Gasteiger partial charge < -0.3 is 14.6 Å². The molecule has 0 fully saturated rings. The number of carbonyl (C=O) groups is 1. The van der Waals surface area contributed by atoms with E-state index >= 15 is 0 Å². The highest BCUT2D eigenvalue weighted by molar-refractivity contribution is 5.69. The zero-order valence-corrected chi connectivity index (χ0v) is 27.8. The lowest BCUT2D eigenvalue weighted by Gasteiger charge is -2.12. The van der Waals surface area contributed by atoms with E-state index in [1.54, 1.807) is 0 Å². The number of unbranched alkanes of at least 4 members (excludes halogenated alkanes) is 24. The van der Waals surface area contributed by atoms with Gasteiger partial charge in [0, 0.05) is 13.0 Å². The summed E-state index contributed by atoms with van der Waals surface area (Å²) in [6.07, 6.45) is 39.4. The molecular weight excluding hydrogens is 508 g/mol. The third-order valence-electron chi connectivity index (χ3n) is 8.03. The van der Waals surface area contributed by atoms with E-state index in [9.17, 15) is 9.90 Å². The van der Waals surface area contributed by atoms with Gasteiger partial charge in [0.2, 0.25) is 0 Å². The molecule has 41 heavy (non-hydrogen) atoms. The lowest BCUT2D eigenvalue weighted by molar-refractivity contribution is -0.147. The summed E-state index contributed by atoms with van der Waals surface area (Å²) in [6.45, 7) is 5.52. The molecule has 0 aromatic rings. The van der Waals surface area contributed by atoms with Crippen molar-refractivity contribution in [2.45, 2.75) is 200 Å². The highest BCUT2D eigenvalue weighted by Gasteiger charge is 2.09. The number of aliphatic hydroxyl groups excluding tert-OH is 1. The van der Waals surface area contributed by atoms with Gasteiger partial charge in [0.15, 0.2) is 0 Å². The third-order valence-corrected chi connectivity index (χ3v) is 8.03. The summed E-state index contributed by atoms with van der Waals surface area (Å²) in [6, 6.07) is 0. The van der Waals surface area contributed by atoms with Crippen LogP contribution >= 0.6 is 0 Å². The Morgan fingerprint density at radius 2 is 0.927 bits per heavy atom. The highest BCUT2D eigenvalue weighted by Crippen LogP contribution is 2.13. The average molecular weight is 581 g/mol. The molecule has 0 radical (unpaired) electrons. The second kappa shape index (κ2) is 35.3. The fourth-order valence-electron chi connectivity index (χ4n) is 5.27. The van der Waals surface area contributed by atoms with Crippen molar-refractivity contribution in [3.63, 3.8) is 0 Å². The van der Waals surface area contributed by atoms with Crippen LogP contribution in [0.2, 0.25) is 0 Å². The number of carbonyl (C=O) groups excluding carboxylic acids is 1. The molecular formula is C37H72O4. The van der Waals surface area contributed by atoms with E-state index < -0.39 is 6.10 Å². The van der Waals surface area contributed by atoms with Crippen LogP contribution in [0.3, 0.4) is 0 Å². The first-order chi connectivity index (χ1) is 20.2. The molecule has 1 N–H and O–H groups in total. The Morgan fingerprint density at radius 3 is 1.39 bits per heavy atom. The van der Waals surface area contributed by atoms with E-state index in [1.165, 1.54) is 154 Å². The van der Waals surface area contributed by atoms with Gasteiger partial charge in [0.05, 0.1) is 6.61 Å². The summed E-state index contributed by atoms with van der Waals surface area (Å²) < 4.78 is 10.8. The van der Waals surface area contributed by atoms with Gasteiger partial charge in [-0.2, -0.15) is 0 Å². The van der Waals surface area contributed by atoms with Gasteiger partial charge in [0.1, 0.15) is 12.7 Å². The summed E-state index contributed by atoms with van der Waals surface area (Å²) in [5.74, 6) is -0.200. The predicted molar refractivity (Wildman–Crippen MR) is 178 cm³/mol. The molecule has 0 aliphatic rings. The van der Waals surface area contributed by atoms with E-state index in [2.05, 4.69) is 26.0 Å². The van der Waals surface area contributed by atoms with Crippen molar-refractivity contribution in [1.29, 1.82) is 0 Å². The molecule has 0 unspecified atom stereocenters. The van der Waals surface area contributed by atoms with Crippen molar-refractivity contribution in [2.75, 3.05) is 19.8 Å². The molecule has 0 saturated heterocycles. The second-order valence-corrected chi connectivity index (χ2v) is 12.3. The van der Waals surface area contributed by atoms with Crippen molar-refractivity contribution in [2.24, 2.45) is 0 Å². The first kappa shape index (κ1) is 40.1. The summed E-state index contributed by atoms with van der Waals surface area (Å²) in [4.78, 5) is 11.9. The number of allylic oxidation sites excluding steroid dienone is 2. The molecule has 0 rings (SSSR count). The number of hydrogen-bond donors (Lipinski definition) is 1. The quantitative estimate of drug-likeness (QED) is 0.0467. The third kappa shape index (κ3) is 35.2. The summed E-state index contributed by atoms with van der Waals surface area (Å²) in [5, 5.41) is 10.0. The topological polar surface area (TPSA) is 55.8 Å². The van der Waals surface area contributed by atoms with Crippen LogP contribution in [-0.4, -0.2) is 37.0 Å². The summed E-state index contributed by atoms with van der Waals surface area (Å²) in [5.41, 5.74) is 0. The maximum absolute atomic E-state index is 11.9. The van der Waals surface area contributed by atoms with Crippen molar-refractivity contribution in [3.8, 4) is 0 Å². The standard InChI is InChI=1S/C37H72O4/c1-3-5-7-9-11-13-15-17-19-20-22-24-26-28-30-32-37(39)41-35-36(38)34-40-33-31-29-27-25-23-21-18-16-14-12-10-8-6-4-2/h17,19,36,38H,3-16,18,20-35H2,1-2H3/b19-17-/t36-/m1/s1.